The Morgan fingerprint density at radius 3 is 2.13 bits per heavy atom. The molecule has 1 nitrogen and oxygen atoms in total. The molecule has 0 saturated heterocycles. The number of hydrogen-bond donors (Lipinski definition) is 0. The molecule has 1 aliphatic carbocycles. The quantitative estimate of drug-likeness (QED) is 0.640. The second-order valence-corrected chi connectivity index (χ2v) is 6.30. The molecule has 0 N–H and O–H groups in total. The van der Waals surface area contributed by atoms with Gasteiger partial charge in [0.1, 0.15) is 0 Å². The van der Waals surface area contributed by atoms with Gasteiger partial charge in [-0.25, -0.2) is 0 Å². The van der Waals surface area contributed by atoms with E-state index in [0.717, 1.165) is 23.1 Å². The summed E-state index contributed by atoms with van der Waals surface area (Å²) in [6.07, 6.45) is 2.92. The summed E-state index contributed by atoms with van der Waals surface area (Å²) < 4.78 is 0. The summed E-state index contributed by atoms with van der Waals surface area (Å²) in [5, 5.41) is 1.14. The third-order valence-electron chi connectivity index (χ3n) is 3.53. The van der Waals surface area contributed by atoms with Gasteiger partial charge in [-0.05, 0) is 44.4 Å². The van der Waals surface area contributed by atoms with E-state index in [9.17, 15) is 0 Å². The zero-order valence-electron chi connectivity index (χ0n) is 10.7. The Morgan fingerprint density at radius 1 is 1.20 bits per heavy atom. The van der Waals surface area contributed by atoms with Gasteiger partial charge < -0.3 is 4.90 Å². The Hall–Kier alpha value is 0.440. The average Bonchev–Trinajstić information content (AvgIpc) is 2.94. The largest absolute Gasteiger partial charge is 0.300 e. The molecule has 0 aromatic rings. The average molecular weight is 276 g/mol. The molecule has 0 radical (unpaired) electrons. The first-order valence-electron chi connectivity index (χ1n) is 6.34. The first-order valence-corrected chi connectivity index (χ1v) is 7.46. The monoisotopic (exact) mass is 275 g/mol. The third kappa shape index (κ3) is 4.86. The van der Waals surface area contributed by atoms with Gasteiger partial charge in [0.2, 0.25) is 0 Å². The Morgan fingerprint density at radius 2 is 1.80 bits per heavy atom. The summed E-state index contributed by atoms with van der Waals surface area (Å²) in [4.78, 5) is 2.67. The van der Waals surface area contributed by atoms with Gasteiger partial charge in [-0.15, -0.1) is 0 Å². The first-order chi connectivity index (χ1) is 7.04. The highest BCUT2D eigenvalue weighted by atomic mass is 79.9. The molecule has 1 fully saturated rings. The molecule has 1 atom stereocenters. The molecule has 0 bridgehead atoms. The van der Waals surface area contributed by atoms with Crippen LogP contribution in [0.1, 0.15) is 40.5 Å². The summed E-state index contributed by atoms with van der Waals surface area (Å²) in [6.45, 7) is 11.9. The molecule has 0 aromatic carbocycles. The standard InChI is InChI=1S/C13H26BrN/c1-10(2)13(7-14)9-15(11(3)4)8-12-5-6-12/h10-13H,5-9H2,1-4H3. The summed E-state index contributed by atoms with van der Waals surface area (Å²) in [6, 6.07) is 0.700. The highest BCUT2D eigenvalue weighted by Crippen LogP contribution is 2.31. The smallest absolute Gasteiger partial charge is 0.00743 e. The van der Waals surface area contributed by atoms with Crippen LogP contribution in [0, 0.1) is 17.8 Å². The van der Waals surface area contributed by atoms with E-state index in [1.54, 1.807) is 0 Å². The van der Waals surface area contributed by atoms with Crippen molar-refractivity contribution in [1.82, 2.24) is 4.90 Å². The van der Waals surface area contributed by atoms with Crippen molar-refractivity contribution in [2.24, 2.45) is 17.8 Å². The van der Waals surface area contributed by atoms with E-state index in [1.165, 1.54) is 25.9 Å². The van der Waals surface area contributed by atoms with Crippen LogP contribution in [-0.2, 0) is 0 Å². The minimum atomic E-state index is 0.700. The van der Waals surface area contributed by atoms with Crippen LogP contribution in [-0.4, -0.2) is 29.4 Å². The molecule has 90 valence electrons. The maximum absolute atomic E-state index is 3.65. The Labute approximate surface area is 104 Å². The van der Waals surface area contributed by atoms with E-state index in [2.05, 4.69) is 48.5 Å². The van der Waals surface area contributed by atoms with E-state index in [1.807, 2.05) is 0 Å². The Kier molecular flexibility index (Phi) is 5.62. The predicted octanol–water partition coefficient (Wildman–Crippen LogP) is 3.77. The molecule has 1 aliphatic rings. The fourth-order valence-electron chi connectivity index (χ4n) is 1.87. The van der Waals surface area contributed by atoms with Gasteiger partial charge in [-0.1, -0.05) is 29.8 Å². The normalized spacial score (nSPS) is 19.2. The van der Waals surface area contributed by atoms with Gasteiger partial charge in [0.25, 0.3) is 0 Å². The van der Waals surface area contributed by atoms with Crippen LogP contribution in [0.2, 0.25) is 0 Å². The van der Waals surface area contributed by atoms with Gasteiger partial charge in [0.05, 0.1) is 0 Å². The minimum absolute atomic E-state index is 0.700. The van der Waals surface area contributed by atoms with Crippen molar-refractivity contribution in [1.29, 1.82) is 0 Å². The lowest BCUT2D eigenvalue weighted by atomic mass is 9.97. The summed E-state index contributed by atoms with van der Waals surface area (Å²) in [5.74, 6) is 2.59. The van der Waals surface area contributed by atoms with Gasteiger partial charge in [0, 0.05) is 24.5 Å². The molecule has 1 unspecified atom stereocenters. The SMILES string of the molecule is CC(C)C(CBr)CN(CC1CC1)C(C)C. The van der Waals surface area contributed by atoms with Crippen molar-refractivity contribution in [3.63, 3.8) is 0 Å². The van der Waals surface area contributed by atoms with Crippen LogP contribution in [0.3, 0.4) is 0 Å². The van der Waals surface area contributed by atoms with Crippen LogP contribution < -0.4 is 0 Å². The lowest BCUT2D eigenvalue weighted by molar-refractivity contribution is 0.169. The second kappa shape index (κ2) is 6.24. The summed E-state index contributed by atoms with van der Waals surface area (Å²) in [7, 11) is 0. The molecular weight excluding hydrogens is 250 g/mol. The second-order valence-electron chi connectivity index (χ2n) is 5.65. The van der Waals surface area contributed by atoms with E-state index in [-0.39, 0.29) is 0 Å². The molecule has 0 amide bonds. The summed E-state index contributed by atoms with van der Waals surface area (Å²) >= 11 is 3.65. The van der Waals surface area contributed by atoms with E-state index >= 15 is 0 Å². The molecule has 0 heterocycles. The van der Waals surface area contributed by atoms with Crippen molar-refractivity contribution in [2.75, 3.05) is 18.4 Å². The molecule has 0 spiro atoms. The fourth-order valence-corrected chi connectivity index (χ4v) is 2.82. The molecule has 1 saturated carbocycles. The highest BCUT2D eigenvalue weighted by Gasteiger charge is 2.27. The maximum Gasteiger partial charge on any atom is 0.00743 e. The molecular formula is C13H26BrN. The van der Waals surface area contributed by atoms with Crippen LogP contribution in [0.4, 0.5) is 0 Å². The topological polar surface area (TPSA) is 3.24 Å². The lowest BCUT2D eigenvalue weighted by Crippen LogP contribution is -2.38. The molecule has 1 rings (SSSR count). The number of halogens is 1. The highest BCUT2D eigenvalue weighted by molar-refractivity contribution is 9.09. The van der Waals surface area contributed by atoms with Crippen LogP contribution in [0.15, 0.2) is 0 Å². The molecule has 0 aromatic heterocycles. The molecule has 15 heavy (non-hydrogen) atoms. The zero-order chi connectivity index (χ0) is 11.4. The van der Waals surface area contributed by atoms with Crippen molar-refractivity contribution in [3.8, 4) is 0 Å². The van der Waals surface area contributed by atoms with Crippen LogP contribution in [0.5, 0.6) is 0 Å². The van der Waals surface area contributed by atoms with E-state index in [4.69, 9.17) is 0 Å². The Bertz CT molecular complexity index is 175. The molecule has 2 heteroatoms. The third-order valence-corrected chi connectivity index (χ3v) is 4.36. The van der Waals surface area contributed by atoms with Crippen LogP contribution in [0.25, 0.3) is 0 Å². The van der Waals surface area contributed by atoms with Gasteiger partial charge in [0.15, 0.2) is 0 Å². The number of alkyl halides is 1. The van der Waals surface area contributed by atoms with E-state index in [0.29, 0.717) is 6.04 Å². The lowest BCUT2D eigenvalue weighted by Gasteiger charge is -2.31. The minimum Gasteiger partial charge on any atom is -0.300 e. The van der Waals surface area contributed by atoms with Crippen LogP contribution >= 0.6 is 15.9 Å². The maximum atomic E-state index is 3.65. The van der Waals surface area contributed by atoms with Crippen molar-refractivity contribution in [3.05, 3.63) is 0 Å². The number of nitrogens with zero attached hydrogens (tertiary/aromatic N) is 1. The molecule has 0 aliphatic heterocycles. The first kappa shape index (κ1) is 13.5. The number of rotatable bonds is 7. The van der Waals surface area contributed by atoms with Crippen molar-refractivity contribution < 1.29 is 0 Å². The Balaban J connectivity index is 2.40. The van der Waals surface area contributed by atoms with Crippen molar-refractivity contribution in [2.45, 2.75) is 46.6 Å². The van der Waals surface area contributed by atoms with Crippen molar-refractivity contribution >= 4 is 15.9 Å². The summed E-state index contributed by atoms with van der Waals surface area (Å²) in [5.41, 5.74) is 0. The fraction of sp³-hybridized carbons (Fsp3) is 1.00. The zero-order valence-corrected chi connectivity index (χ0v) is 12.3. The van der Waals surface area contributed by atoms with Gasteiger partial charge >= 0.3 is 0 Å². The number of hydrogen-bond acceptors (Lipinski definition) is 1. The van der Waals surface area contributed by atoms with Gasteiger partial charge in [-0.3, -0.25) is 0 Å². The van der Waals surface area contributed by atoms with Gasteiger partial charge in [-0.2, -0.15) is 0 Å². The van der Waals surface area contributed by atoms with E-state index < -0.39 is 0 Å². The predicted molar refractivity (Wildman–Crippen MR) is 71.6 cm³/mol.